The number of carbonyl (C=O) groups excluding carboxylic acids is 2. The van der Waals surface area contributed by atoms with Crippen molar-refractivity contribution in [3.63, 3.8) is 0 Å². The predicted molar refractivity (Wildman–Crippen MR) is 190 cm³/mol. The fourth-order valence-corrected chi connectivity index (χ4v) is 7.76. The summed E-state index contributed by atoms with van der Waals surface area (Å²) in [6.45, 7) is 3.38. The number of sulfonamides is 1. The minimum atomic E-state index is -4.25. The van der Waals surface area contributed by atoms with Crippen molar-refractivity contribution in [2.75, 3.05) is 18.0 Å². The maximum atomic E-state index is 14.7. The lowest BCUT2D eigenvalue weighted by molar-refractivity contribution is -0.140. The van der Waals surface area contributed by atoms with Crippen LogP contribution in [0.3, 0.4) is 0 Å². The van der Waals surface area contributed by atoms with Gasteiger partial charge in [0.1, 0.15) is 18.3 Å². The molecule has 0 unspecified atom stereocenters. The Hall–Kier alpha value is -4.34. The SMILES string of the molecule is COc1ccc(N(CC(=O)N(Cc2cccc(C)c2)[C@@H](Cc2ccccc2)C(=O)NC2CCCC2)S(=O)(=O)c2ccc(C)cc2)cc1Cl. The summed E-state index contributed by atoms with van der Waals surface area (Å²) >= 11 is 6.48. The van der Waals surface area contributed by atoms with Gasteiger partial charge >= 0.3 is 0 Å². The number of halogens is 1. The molecule has 252 valence electrons. The monoisotopic (exact) mass is 687 g/mol. The van der Waals surface area contributed by atoms with Crippen LogP contribution >= 0.6 is 11.6 Å². The number of nitrogens with one attached hydrogen (secondary N) is 1. The van der Waals surface area contributed by atoms with E-state index in [2.05, 4.69) is 5.32 Å². The highest BCUT2D eigenvalue weighted by molar-refractivity contribution is 7.92. The van der Waals surface area contributed by atoms with Crippen molar-refractivity contribution in [1.29, 1.82) is 0 Å². The largest absolute Gasteiger partial charge is 0.495 e. The summed E-state index contributed by atoms with van der Waals surface area (Å²) in [5.41, 5.74) is 3.81. The highest BCUT2D eigenvalue weighted by Gasteiger charge is 2.35. The topological polar surface area (TPSA) is 96.0 Å². The van der Waals surface area contributed by atoms with Gasteiger partial charge in [-0.05, 0) is 68.1 Å². The van der Waals surface area contributed by atoms with Crippen LogP contribution < -0.4 is 14.4 Å². The van der Waals surface area contributed by atoms with Crippen molar-refractivity contribution in [3.05, 3.63) is 124 Å². The van der Waals surface area contributed by atoms with E-state index < -0.39 is 28.5 Å². The van der Waals surface area contributed by atoms with Crippen LogP contribution in [0.15, 0.2) is 102 Å². The minimum absolute atomic E-state index is 0.0258. The van der Waals surface area contributed by atoms with Crippen LogP contribution in [-0.4, -0.2) is 50.9 Å². The Bertz CT molecular complexity index is 1830. The number of aryl methyl sites for hydroxylation is 2. The zero-order chi connectivity index (χ0) is 34.3. The summed E-state index contributed by atoms with van der Waals surface area (Å²) in [5.74, 6) is -0.416. The lowest BCUT2D eigenvalue weighted by Gasteiger charge is -2.34. The predicted octanol–water partition coefficient (Wildman–Crippen LogP) is 6.86. The first-order valence-electron chi connectivity index (χ1n) is 16.2. The van der Waals surface area contributed by atoms with Crippen molar-refractivity contribution in [2.24, 2.45) is 0 Å². The molecule has 0 radical (unpaired) electrons. The van der Waals surface area contributed by atoms with Crippen molar-refractivity contribution >= 4 is 39.1 Å². The lowest BCUT2D eigenvalue weighted by Crippen LogP contribution is -2.54. The maximum Gasteiger partial charge on any atom is 0.264 e. The van der Waals surface area contributed by atoms with Gasteiger partial charge in [-0.15, -0.1) is 0 Å². The summed E-state index contributed by atoms with van der Waals surface area (Å²) in [7, 11) is -2.78. The van der Waals surface area contributed by atoms with Gasteiger partial charge in [0, 0.05) is 19.0 Å². The maximum absolute atomic E-state index is 14.7. The third kappa shape index (κ3) is 8.57. The summed E-state index contributed by atoms with van der Waals surface area (Å²) in [5, 5.41) is 3.40. The first kappa shape index (κ1) is 35.0. The first-order chi connectivity index (χ1) is 23.0. The van der Waals surface area contributed by atoms with E-state index in [4.69, 9.17) is 16.3 Å². The molecule has 1 saturated carbocycles. The number of hydrogen-bond donors (Lipinski definition) is 1. The van der Waals surface area contributed by atoms with Gasteiger partial charge in [-0.3, -0.25) is 13.9 Å². The van der Waals surface area contributed by atoms with Crippen molar-refractivity contribution < 1.29 is 22.7 Å². The normalized spacial score (nSPS) is 13.9. The fourth-order valence-electron chi connectivity index (χ4n) is 6.11. The van der Waals surface area contributed by atoms with Crippen molar-refractivity contribution in [1.82, 2.24) is 10.2 Å². The average Bonchev–Trinajstić information content (AvgIpc) is 3.58. The number of carbonyl (C=O) groups is 2. The van der Waals surface area contributed by atoms with E-state index in [9.17, 15) is 18.0 Å². The number of hydrogen-bond acceptors (Lipinski definition) is 5. The van der Waals surface area contributed by atoms with Gasteiger partial charge in [0.05, 0.1) is 22.7 Å². The molecule has 0 bridgehead atoms. The Balaban J connectivity index is 1.58. The van der Waals surface area contributed by atoms with Gasteiger partial charge < -0.3 is 15.0 Å². The summed E-state index contributed by atoms with van der Waals surface area (Å²) in [6.07, 6.45) is 4.11. The van der Waals surface area contributed by atoms with Gasteiger partial charge in [0.15, 0.2) is 0 Å². The minimum Gasteiger partial charge on any atom is -0.495 e. The molecule has 1 atom stereocenters. The van der Waals surface area contributed by atoms with E-state index in [-0.39, 0.29) is 40.5 Å². The molecule has 1 aliphatic rings. The fraction of sp³-hybridized carbons (Fsp3) is 0.316. The molecule has 0 heterocycles. The number of rotatable bonds is 13. The molecule has 5 rings (SSSR count). The zero-order valence-corrected chi connectivity index (χ0v) is 29.1. The van der Waals surface area contributed by atoms with E-state index in [1.54, 1.807) is 24.3 Å². The second kappa shape index (κ2) is 15.7. The quantitative estimate of drug-likeness (QED) is 0.166. The van der Waals surface area contributed by atoms with Gasteiger partial charge in [-0.2, -0.15) is 0 Å². The molecule has 0 aliphatic heterocycles. The molecule has 0 saturated heterocycles. The molecule has 4 aromatic rings. The van der Waals surface area contributed by atoms with Crippen molar-refractivity contribution in [2.45, 2.75) is 69.5 Å². The number of amides is 2. The van der Waals surface area contributed by atoms with E-state index in [1.165, 1.54) is 30.2 Å². The van der Waals surface area contributed by atoms with Crippen LogP contribution in [0.2, 0.25) is 5.02 Å². The third-order valence-electron chi connectivity index (χ3n) is 8.72. The molecule has 8 nitrogen and oxygen atoms in total. The highest BCUT2D eigenvalue weighted by atomic mass is 35.5. The second-order valence-electron chi connectivity index (χ2n) is 12.3. The molecular formula is C38H42ClN3O5S. The number of methoxy groups -OCH3 is 1. The van der Waals surface area contributed by atoms with Gasteiger partial charge in [0.25, 0.3) is 10.0 Å². The Morgan fingerprint density at radius 1 is 0.875 bits per heavy atom. The van der Waals surface area contributed by atoms with Gasteiger partial charge in [0.2, 0.25) is 11.8 Å². The average molecular weight is 688 g/mol. The second-order valence-corrected chi connectivity index (χ2v) is 14.6. The number of nitrogens with zero attached hydrogens (tertiary/aromatic N) is 2. The van der Waals surface area contributed by atoms with E-state index in [1.807, 2.05) is 68.4 Å². The Morgan fingerprint density at radius 2 is 1.56 bits per heavy atom. The standard InChI is InChI=1S/C38H42ClN3O5S/c1-27-16-19-33(20-17-27)48(45,46)42(32-18-21-36(47-3)34(39)24-32)26-37(43)41(25-30-13-9-10-28(2)22-30)35(23-29-11-5-4-6-12-29)38(44)40-31-14-7-8-15-31/h4-6,9-13,16-22,24,31,35H,7-8,14-15,23,25-26H2,1-3H3,(H,40,44)/t35-/m0/s1. The van der Waals surface area contributed by atoms with E-state index >= 15 is 0 Å². The molecule has 1 fully saturated rings. The summed E-state index contributed by atoms with van der Waals surface area (Å²) in [4.78, 5) is 30.4. The van der Waals surface area contributed by atoms with E-state index in [0.717, 1.165) is 52.2 Å². The van der Waals surface area contributed by atoms with Gasteiger partial charge in [-0.1, -0.05) is 102 Å². The Morgan fingerprint density at radius 3 is 2.21 bits per heavy atom. The highest BCUT2D eigenvalue weighted by Crippen LogP contribution is 2.32. The number of anilines is 1. The van der Waals surface area contributed by atoms with Crippen LogP contribution in [0.25, 0.3) is 0 Å². The van der Waals surface area contributed by atoms with Crippen LogP contribution in [-0.2, 0) is 32.6 Å². The van der Waals surface area contributed by atoms with Crippen molar-refractivity contribution in [3.8, 4) is 5.75 Å². The first-order valence-corrected chi connectivity index (χ1v) is 18.0. The molecule has 0 spiro atoms. The number of ether oxygens (including phenoxy) is 1. The molecule has 4 aromatic carbocycles. The van der Waals surface area contributed by atoms with Crippen LogP contribution in [0.4, 0.5) is 5.69 Å². The summed E-state index contributed by atoms with van der Waals surface area (Å²) < 4.78 is 35.0. The summed E-state index contributed by atoms with van der Waals surface area (Å²) in [6, 6.07) is 27.5. The smallest absolute Gasteiger partial charge is 0.264 e. The molecule has 1 N–H and O–H groups in total. The van der Waals surface area contributed by atoms with Gasteiger partial charge in [-0.25, -0.2) is 8.42 Å². The Labute approximate surface area is 288 Å². The van der Waals surface area contributed by atoms with Crippen LogP contribution in [0.1, 0.15) is 47.9 Å². The Kier molecular flexibility index (Phi) is 11.4. The molecule has 1 aliphatic carbocycles. The lowest BCUT2D eigenvalue weighted by atomic mass is 10.0. The van der Waals surface area contributed by atoms with Crippen LogP contribution in [0.5, 0.6) is 5.75 Å². The molecule has 48 heavy (non-hydrogen) atoms. The molecule has 2 amide bonds. The zero-order valence-electron chi connectivity index (χ0n) is 27.6. The van der Waals surface area contributed by atoms with E-state index in [0.29, 0.717) is 5.75 Å². The molecule has 0 aromatic heterocycles. The van der Waals surface area contributed by atoms with Crippen LogP contribution in [0, 0.1) is 13.8 Å². The molecular weight excluding hydrogens is 646 g/mol. The number of benzene rings is 4. The molecule has 10 heteroatoms. The third-order valence-corrected chi connectivity index (χ3v) is 10.8.